The van der Waals surface area contributed by atoms with Crippen LogP contribution in [-0.2, 0) is 89.5 Å². The zero-order valence-corrected chi connectivity index (χ0v) is 31.1. The van der Waals surface area contributed by atoms with Crippen molar-refractivity contribution in [2.45, 2.75) is 25.7 Å². The number of rotatable bonds is 9. The van der Waals surface area contributed by atoms with Gasteiger partial charge in [0.1, 0.15) is 0 Å². The molecule has 9 N–H and O–H groups in total. The summed E-state index contributed by atoms with van der Waals surface area (Å²) in [6, 6.07) is 4.70. The molecule has 46 heavy (non-hydrogen) atoms. The third-order valence-electron chi connectivity index (χ3n) is 6.99. The van der Waals surface area contributed by atoms with E-state index in [-0.39, 0.29) is 132 Å². The van der Waals surface area contributed by atoms with Crippen molar-refractivity contribution in [1.82, 2.24) is 16.0 Å². The number of hydrogen-bond donors (Lipinski definition) is 3. The molecule has 0 aromatic heterocycles. The first-order valence-corrected chi connectivity index (χ1v) is 13.5. The van der Waals surface area contributed by atoms with E-state index in [2.05, 4.69) is 38.0 Å². The first-order chi connectivity index (χ1) is 19.0. The van der Waals surface area contributed by atoms with Gasteiger partial charge in [0.05, 0.1) is 0 Å². The molecule has 277 valence electrons. The molecule has 15 nitrogen and oxygen atoms in total. The SMILES string of the molecule is O=C(NCC1C=CC[N-]C1)c1cc(C(=O)NCC2CCC[N-]C2)cc(C(=O)NCC2CCC[N-]C2)c1.[Ag+].[Ag+].[Ag+].[Ag].[N-]=[N+]=[N-].[NH2-].[NH2-].[NH2-]. The number of amides is 3. The first kappa shape index (κ1) is 54.8. The van der Waals surface area contributed by atoms with E-state index in [1.165, 1.54) is 4.91 Å². The summed E-state index contributed by atoms with van der Waals surface area (Å²) in [6.45, 7) is 6.19. The van der Waals surface area contributed by atoms with Crippen LogP contribution in [0.15, 0.2) is 30.4 Å². The zero-order chi connectivity index (χ0) is 27.9. The van der Waals surface area contributed by atoms with E-state index in [0.29, 0.717) is 61.2 Å². The molecule has 1 aromatic carbocycles. The Bertz CT molecular complexity index is 1000. The van der Waals surface area contributed by atoms with Gasteiger partial charge in [-0.2, -0.15) is 0 Å². The van der Waals surface area contributed by atoms with Gasteiger partial charge in [-0.15, -0.1) is 45.3 Å². The molecule has 2 saturated heterocycles. The Kier molecular flexibility index (Phi) is 37.7. The van der Waals surface area contributed by atoms with Crippen molar-refractivity contribution in [3.63, 3.8) is 0 Å². The molecule has 0 bridgehead atoms. The zero-order valence-electron chi connectivity index (χ0n) is 25.2. The van der Waals surface area contributed by atoms with Crippen LogP contribution in [-0.4, -0.2) is 76.6 Å². The van der Waals surface area contributed by atoms with Gasteiger partial charge in [0.15, 0.2) is 0 Å². The third kappa shape index (κ3) is 20.0. The van der Waals surface area contributed by atoms with Gasteiger partial charge >= 0.3 is 67.1 Å². The Morgan fingerprint density at radius 2 is 1.09 bits per heavy atom. The summed E-state index contributed by atoms with van der Waals surface area (Å²) in [7, 11) is 0. The van der Waals surface area contributed by atoms with Gasteiger partial charge in [-0.05, 0) is 36.0 Å². The number of nitrogens with one attached hydrogen (secondary N) is 3. The molecule has 0 aliphatic carbocycles. The molecule has 3 heterocycles. The van der Waals surface area contributed by atoms with Gasteiger partial charge in [0.25, 0.3) is 17.7 Å². The van der Waals surface area contributed by atoms with E-state index >= 15 is 0 Å². The van der Waals surface area contributed by atoms with Crippen molar-refractivity contribution in [2.24, 2.45) is 17.8 Å². The fourth-order valence-corrected chi connectivity index (χ4v) is 4.83. The molecule has 3 unspecified atom stereocenters. The maximum absolute atomic E-state index is 13.0. The Labute approximate surface area is 334 Å². The van der Waals surface area contributed by atoms with Crippen LogP contribution in [0.5, 0.6) is 0 Å². The van der Waals surface area contributed by atoms with Crippen molar-refractivity contribution in [3.8, 4) is 0 Å². The monoisotopic (exact) mass is 1010 g/mol. The Hall–Kier alpha value is -0.599. The quantitative estimate of drug-likeness (QED) is 0.0882. The largest absolute Gasteiger partial charge is 1.00 e. The molecule has 0 saturated carbocycles. The molecular weight excluding hydrogens is 972 g/mol. The minimum Gasteiger partial charge on any atom is -0.693 e. The topological polar surface area (TPSA) is 289 Å². The number of hydrogen-bond acceptors (Lipinski definition) is 3. The second-order valence-electron chi connectivity index (χ2n) is 10.1. The Morgan fingerprint density at radius 1 is 0.696 bits per heavy atom. The second kappa shape index (κ2) is 31.7. The van der Waals surface area contributed by atoms with Crippen LogP contribution in [0.2, 0.25) is 0 Å². The average Bonchev–Trinajstić information content (AvgIpc) is 2.99. The van der Waals surface area contributed by atoms with E-state index in [0.717, 1.165) is 51.9 Å². The molecule has 3 aliphatic rings. The van der Waals surface area contributed by atoms with Gasteiger partial charge in [0.2, 0.25) is 0 Å². The maximum Gasteiger partial charge on any atom is 1.00 e. The summed E-state index contributed by atoms with van der Waals surface area (Å²) in [5, 5.41) is 22.1. The summed E-state index contributed by atoms with van der Waals surface area (Å²) < 4.78 is 0. The normalized spacial score (nSPS) is 19.0. The molecule has 3 amide bonds. The van der Waals surface area contributed by atoms with Gasteiger partial charge in [-0.1, -0.05) is 31.8 Å². The molecule has 1 radical (unpaired) electrons. The standard InChI is InChI=1S/C27H37N6O3.4Ag.N3.3H2N/c34-25(31-16-19-4-1-7-28-13-19)22-10-23(26(35)32-17-20-5-2-8-29-14-20)12-24(11-22)27(36)33-18-21-6-3-9-30-15-21;;;;;1-3-2;;;/h1,4,10-12,19-21H,2-3,5-9,13-18H2,(H,31,34)(H,32,35)(H,33,36);;;;;;3*1H2/q-3;;3*+1;4*-1. The molecule has 3 atom stereocenters. The molecule has 2 fully saturated rings. The van der Waals surface area contributed by atoms with Crippen molar-refractivity contribution >= 4 is 17.7 Å². The number of piperidine rings is 2. The molecular formula is C27H43Ag4N12O3-4. The van der Waals surface area contributed by atoms with E-state index < -0.39 is 0 Å². The average molecular weight is 1020 g/mol. The summed E-state index contributed by atoms with van der Waals surface area (Å²) in [5.41, 5.74) is 14.4. The Morgan fingerprint density at radius 3 is 1.41 bits per heavy atom. The van der Waals surface area contributed by atoms with Crippen LogP contribution in [0.1, 0.15) is 56.8 Å². The van der Waals surface area contributed by atoms with E-state index in [9.17, 15) is 14.4 Å². The smallest absolute Gasteiger partial charge is 0.693 e. The third-order valence-corrected chi connectivity index (χ3v) is 6.99. The molecule has 19 heteroatoms. The predicted molar refractivity (Wildman–Crippen MR) is 167 cm³/mol. The van der Waals surface area contributed by atoms with Crippen LogP contribution < -0.4 is 16.0 Å². The van der Waals surface area contributed by atoms with E-state index in [1.54, 1.807) is 18.2 Å². The fourth-order valence-electron chi connectivity index (χ4n) is 4.83. The van der Waals surface area contributed by atoms with E-state index in [1.807, 2.05) is 6.08 Å². The minimum atomic E-state index is -0.310. The van der Waals surface area contributed by atoms with Crippen LogP contribution >= 0.6 is 0 Å². The number of nitrogens with zero attached hydrogens (tertiary/aromatic N) is 6. The van der Waals surface area contributed by atoms with Crippen LogP contribution in [0.4, 0.5) is 0 Å². The van der Waals surface area contributed by atoms with Gasteiger partial charge < -0.3 is 61.4 Å². The van der Waals surface area contributed by atoms with Crippen molar-refractivity contribution in [2.75, 3.05) is 58.9 Å². The molecule has 1 aromatic rings. The van der Waals surface area contributed by atoms with Gasteiger partial charge in [-0.25, -0.2) is 0 Å². The minimum absolute atomic E-state index is 0. The van der Waals surface area contributed by atoms with Crippen LogP contribution in [0.25, 0.3) is 50.4 Å². The van der Waals surface area contributed by atoms with Crippen molar-refractivity contribution in [1.29, 1.82) is 0 Å². The van der Waals surface area contributed by atoms with Gasteiger partial charge in [-0.3, -0.25) is 19.3 Å². The Balaban J connectivity index is -0.000000539. The molecule has 4 rings (SSSR count). The summed E-state index contributed by atoms with van der Waals surface area (Å²) in [5.74, 6) is -0.0824. The number of nitrogens with two attached hydrogens (primary N) is 3. The number of carbonyl (C=O) groups is 3. The maximum atomic E-state index is 13.0. The second-order valence-corrected chi connectivity index (χ2v) is 10.1. The van der Waals surface area contributed by atoms with Gasteiger partial charge in [0, 0.05) is 58.7 Å². The summed E-state index contributed by atoms with van der Waals surface area (Å²) in [4.78, 5) is 40.5. The number of carbonyl (C=O) groups excluding carboxylic acids is 3. The van der Waals surface area contributed by atoms with Crippen LogP contribution in [0.3, 0.4) is 0 Å². The predicted octanol–water partition coefficient (Wildman–Crippen LogP) is 6.01. The summed E-state index contributed by atoms with van der Waals surface area (Å²) >= 11 is 0. The van der Waals surface area contributed by atoms with Crippen molar-refractivity contribution in [3.05, 3.63) is 97.4 Å². The molecule has 0 spiro atoms. The first-order valence-electron chi connectivity index (χ1n) is 13.5. The number of benzene rings is 1. The van der Waals surface area contributed by atoms with Crippen LogP contribution in [0, 0.1) is 17.8 Å². The molecule has 3 aliphatic heterocycles. The van der Waals surface area contributed by atoms with Crippen molar-refractivity contribution < 1.29 is 104 Å². The summed E-state index contributed by atoms with van der Waals surface area (Å²) in [6.07, 6.45) is 8.21. The van der Waals surface area contributed by atoms with E-state index in [4.69, 9.17) is 11.1 Å². The fraction of sp³-hybridized carbons (Fsp3) is 0.593.